The Balaban J connectivity index is 3.42. The van der Waals surface area contributed by atoms with Crippen LogP contribution in [0, 0.1) is 11.3 Å². The molecule has 2 amide bonds. The first-order chi connectivity index (χ1) is 16.0. The molecule has 0 aromatic heterocycles. The van der Waals surface area contributed by atoms with Crippen LogP contribution in [-0.2, 0) is 19.8 Å². The number of amides is 2. The Morgan fingerprint density at radius 1 is 0.943 bits per heavy atom. The molecule has 3 atom stereocenters. The molecule has 0 aliphatic carbocycles. The summed E-state index contributed by atoms with van der Waals surface area (Å²) in [4.78, 5) is 42.3. The number of likely N-dealkylation sites (N-methyl/N-ethyl adjacent to an activating group) is 3. The second-order valence-corrected chi connectivity index (χ2v) is 11.4. The van der Waals surface area contributed by atoms with Gasteiger partial charge in [-0.1, -0.05) is 84.9 Å². The number of nitrogens with zero attached hydrogens (tertiary/aromatic N) is 2. The molecule has 0 unspecified atom stereocenters. The highest BCUT2D eigenvalue weighted by atomic mass is 16.4. The number of hydrogen-bond acceptors (Lipinski definition) is 4. The summed E-state index contributed by atoms with van der Waals surface area (Å²) in [5.74, 6) is -1.44. The summed E-state index contributed by atoms with van der Waals surface area (Å²) in [6, 6.07) is 8.12. The number of carbonyl (C=O) groups excluding carboxylic acids is 2. The predicted octanol–water partition coefficient (Wildman–Crippen LogP) is 3.94. The van der Waals surface area contributed by atoms with E-state index in [2.05, 4.69) is 5.32 Å². The molecule has 1 aromatic rings. The van der Waals surface area contributed by atoms with E-state index < -0.39 is 34.9 Å². The largest absolute Gasteiger partial charge is 0.478 e. The van der Waals surface area contributed by atoms with Crippen LogP contribution in [0.5, 0.6) is 0 Å². The summed E-state index contributed by atoms with van der Waals surface area (Å²) >= 11 is 0. The highest BCUT2D eigenvalue weighted by molar-refractivity contribution is 5.91. The molecule has 0 radical (unpaired) electrons. The molecule has 0 saturated carbocycles. The molecule has 7 heteroatoms. The molecule has 0 heterocycles. The quantitative estimate of drug-likeness (QED) is 0.488. The highest BCUT2D eigenvalue weighted by Gasteiger charge is 2.44. The zero-order valence-electron chi connectivity index (χ0n) is 23.3. The van der Waals surface area contributed by atoms with Crippen LogP contribution in [0.4, 0.5) is 0 Å². The first kappa shape index (κ1) is 30.4. The average molecular weight is 488 g/mol. The van der Waals surface area contributed by atoms with Gasteiger partial charge in [0.1, 0.15) is 6.04 Å². The molecule has 0 bridgehead atoms. The van der Waals surface area contributed by atoms with Gasteiger partial charge in [0.25, 0.3) is 0 Å². The summed E-state index contributed by atoms with van der Waals surface area (Å²) < 4.78 is 0. The molecule has 7 nitrogen and oxygen atoms in total. The first-order valence-electron chi connectivity index (χ1n) is 12.2. The van der Waals surface area contributed by atoms with Crippen molar-refractivity contribution in [2.45, 2.75) is 78.9 Å². The van der Waals surface area contributed by atoms with Crippen LogP contribution in [0.2, 0.25) is 0 Å². The molecule has 1 aromatic carbocycles. The van der Waals surface area contributed by atoms with Crippen molar-refractivity contribution < 1.29 is 19.5 Å². The van der Waals surface area contributed by atoms with Crippen LogP contribution in [0.15, 0.2) is 42.0 Å². The van der Waals surface area contributed by atoms with Crippen LogP contribution in [0.3, 0.4) is 0 Å². The van der Waals surface area contributed by atoms with Crippen molar-refractivity contribution in [2.75, 3.05) is 21.1 Å². The Labute approximate surface area is 211 Å². The van der Waals surface area contributed by atoms with Gasteiger partial charge in [0.2, 0.25) is 11.8 Å². The Morgan fingerprint density at radius 2 is 1.46 bits per heavy atom. The lowest BCUT2D eigenvalue weighted by Gasteiger charge is -2.44. The maximum Gasteiger partial charge on any atom is 0.331 e. The van der Waals surface area contributed by atoms with Crippen molar-refractivity contribution in [3.63, 3.8) is 0 Å². The van der Waals surface area contributed by atoms with Gasteiger partial charge in [-0.3, -0.25) is 9.59 Å². The van der Waals surface area contributed by atoms with E-state index in [1.165, 1.54) is 6.92 Å². The SMILES string of the molecule is CN[C@H](C(=O)N(C)[C@H](C(=O)N(C)[C@H](/C=C(\C)C(=O)O)C(C)C)C(C)(C)C)C(C)(C)c1ccccc1. The van der Waals surface area contributed by atoms with Crippen molar-refractivity contribution in [1.82, 2.24) is 15.1 Å². The fraction of sp³-hybridized carbons (Fsp3) is 0.607. The van der Waals surface area contributed by atoms with Gasteiger partial charge in [0.05, 0.1) is 12.1 Å². The van der Waals surface area contributed by atoms with Crippen molar-refractivity contribution in [3.8, 4) is 0 Å². The van der Waals surface area contributed by atoms with Crippen molar-refractivity contribution in [3.05, 3.63) is 47.5 Å². The van der Waals surface area contributed by atoms with Gasteiger partial charge in [-0.2, -0.15) is 0 Å². The summed E-state index contributed by atoms with van der Waals surface area (Å²) in [5.41, 5.74) is 0.115. The molecule has 0 saturated heterocycles. The number of rotatable bonds is 10. The Hall–Kier alpha value is -2.67. The van der Waals surface area contributed by atoms with E-state index in [4.69, 9.17) is 0 Å². The van der Waals surface area contributed by atoms with Crippen LogP contribution in [0.1, 0.15) is 61.0 Å². The fourth-order valence-corrected chi connectivity index (χ4v) is 4.69. The molecule has 0 fully saturated rings. The lowest BCUT2D eigenvalue weighted by Crippen LogP contribution is -2.62. The standard InChI is InChI=1S/C28H45N3O4/c1-18(2)21(17-19(3)26(34)35)30(10)25(33)23(27(4,5)6)31(11)24(32)22(29-9)28(7,8)20-15-13-12-14-16-20/h12-18,21-23,29H,1-11H3,(H,34,35)/b19-17+/t21-,22-,23-/m1/s1. The van der Waals surface area contributed by atoms with Gasteiger partial charge >= 0.3 is 5.97 Å². The number of benzene rings is 1. The van der Waals surface area contributed by atoms with Crippen LogP contribution < -0.4 is 5.32 Å². The van der Waals surface area contributed by atoms with Gasteiger partial charge in [0, 0.05) is 25.1 Å². The van der Waals surface area contributed by atoms with Crippen LogP contribution in [0.25, 0.3) is 0 Å². The Kier molecular flexibility index (Phi) is 10.3. The Morgan fingerprint density at radius 3 is 1.86 bits per heavy atom. The number of carboxylic acid groups (broad SMARTS) is 1. The summed E-state index contributed by atoms with van der Waals surface area (Å²) in [6.45, 7) is 15.3. The smallest absolute Gasteiger partial charge is 0.331 e. The summed E-state index contributed by atoms with van der Waals surface area (Å²) in [6.07, 6.45) is 1.61. The molecular formula is C28H45N3O4. The van der Waals surface area contributed by atoms with E-state index in [-0.39, 0.29) is 23.3 Å². The molecule has 0 aliphatic rings. The van der Waals surface area contributed by atoms with Gasteiger partial charge in [0.15, 0.2) is 0 Å². The molecule has 35 heavy (non-hydrogen) atoms. The number of carboxylic acids is 1. The molecule has 196 valence electrons. The lowest BCUT2D eigenvalue weighted by atomic mass is 9.76. The van der Waals surface area contributed by atoms with E-state index in [1.54, 1.807) is 37.0 Å². The molecule has 2 N–H and O–H groups in total. The maximum atomic E-state index is 13.9. The topological polar surface area (TPSA) is 90.0 Å². The monoisotopic (exact) mass is 487 g/mol. The van der Waals surface area contributed by atoms with E-state index in [1.807, 2.05) is 78.8 Å². The third kappa shape index (κ3) is 7.17. The van der Waals surface area contributed by atoms with E-state index >= 15 is 0 Å². The second kappa shape index (κ2) is 11.8. The zero-order valence-corrected chi connectivity index (χ0v) is 23.3. The van der Waals surface area contributed by atoms with Crippen molar-refractivity contribution in [1.29, 1.82) is 0 Å². The number of aliphatic carboxylic acids is 1. The lowest BCUT2D eigenvalue weighted by molar-refractivity contribution is -0.151. The highest BCUT2D eigenvalue weighted by Crippen LogP contribution is 2.32. The number of nitrogens with one attached hydrogen (secondary N) is 1. The minimum atomic E-state index is -1.02. The normalized spacial score (nSPS) is 15.4. The summed E-state index contributed by atoms with van der Waals surface area (Å²) in [7, 11) is 5.12. The summed E-state index contributed by atoms with van der Waals surface area (Å²) in [5, 5.41) is 12.5. The van der Waals surface area contributed by atoms with Crippen LogP contribution >= 0.6 is 0 Å². The molecule has 0 aliphatic heterocycles. The third-order valence-corrected chi connectivity index (χ3v) is 6.80. The molecule has 1 rings (SSSR count). The molecular weight excluding hydrogens is 442 g/mol. The Bertz CT molecular complexity index is 916. The minimum absolute atomic E-state index is 0.0121. The zero-order chi connectivity index (χ0) is 27.3. The maximum absolute atomic E-state index is 13.9. The predicted molar refractivity (Wildman–Crippen MR) is 141 cm³/mol. The second-order valence-electron chi connectivity index (χ2n) is 11.4. The first-order valence-corrected chi connectivity index (χ1v) is 12.2. The van der Waals surface area contributed by atoms with Crippen LogP contribution in [-0.4, -0.2) is 72.0 Å². The number of hydrogen-bond donors (Lipinski definition) is 2. The van der Waals surface area contributed by atoms with Gasteiger partial charge in [-0.15, -0.1) is 0 Å². The minimum Gasteiger partial charge on any atom is -0.478 e. The average Bonchev–Trinajstić information content (AvgIpc) is 2.76. The number of carbonyl (C=O) groups is 3. The van der Waals surface area contributed by atoms with E-state index in [0.717, 1.165) is 5.56 Å². The van der Waals surface area contributed by atoms with Gasteiger partial charge in [-0.25, -0.2) is 4.79 Å². The van der Waals surface area contributed by atoms with E-state index in [9.17, 15) is 19.5 Å². The molecule has 0 spiro atoms. The van der Waals surface area contributed by atoms with Gasteiger partial charge < -0.3 is 20.2 Å². The third-order valence-electron chi connectivity index (χ3n) is 6.80. The fourth-order valence-electron chi connectivity index (χ4n) is 4.69. The van der Waals surface area contributed by atoms with Crippen molar-refractivity contribution >= 4 is 17.8 Å². The van der Waals surface area contributed by atoms with E-state index in [0.29, 0.717) is 0 Å². The van der Waals surface area contributed by atoms with Crippen molar-refractivity contribution in [2.24, 2.45) is 11.3 Å². The van der Waals surface area contributed by atoms with Gasteiger partial charge in [-0.05, 0) is 30.9 Å².